The van der Waals surface area contributed by atoms with Gasteiger partial charge in [-0.3, -0.25) is 19.6 Å². The normalized spacial score (nSPS) is 19.7. The second-order valence-corrected chi connectivity index (χ2v) is 8.79. The van der Waals surface area contributed by atoms with Gasteiger partial charge in [0.25, 0.3) is 0 Å². The number of benzene rings is 1. The van der Waals surface area contributed by atoms with Crippen molar-refractivity contribution in [3.63, 3.8) is 0 Å². The summed E-state index contributed by atoms with van der Waals surface area (Å²) in [6, 6.07) is 8.65. The van der Waals surface area contributed by atoms with Crippen LogP contribution in [0.1, 0.15) is 30.4 Å². The van der Waals surface area contributed by atoms with Crippen molar-refractivity contribution in [1.82, 2.24) is 25.3 Å². The Labute approximate surface area is 216 Å². The number of carbonyl (C=O) groups is 1. The molecule has 0 saturated carbocycles. The Bertz CT molecular complexity index is 754. The van der Waals surface area contributed by atoms with Gasteiger partial charge in [0.15, 0.2) is 5.96 Å². The van der Waals surface area contributed by atoms with E-state index >= 15 is 0 Å². The van der Waals surface area contributed by atoms with Gasteiger partial charge in [0, 0.05) is 60.4 Å². The first kappa shape index (κ1) is 27.8. The summed E-state index contributed by atoms with van der Waals surface area (Å²) in [7, 11) is 5.49. The zero-order valence-corrected chi connectivity index (χ0v) is 22.7. The van der Waals surface area contributed by atoms with Crippen LogP contribution in [0.25, 0.3) is 0 Å². The SMILES string of the molecule is CN=C(NCCCN1CCCC1C(=O)N(C)C)NCc1ccccc1CN1CCOCC1.I. The van der Waals surface area contributed by atoms with E-state index in [-0.39, 0.29) is 35.9 Å². The number of hydrogen-bond donors (Lipinski definition) is 2. The Hall–Kier alpha value is -1.43. The van der Waals surface area contributed by atoms with E-state index in [1.54, 1.807) is 11.9 Å². The van der Waals surface area contributed by atoms with Crippen LogP contribution in [0, 0.1) is 0 Å². The molecule has 0 bridgehead atoms. The molecule has 0 radical (unpaired) electrons. The van der Waals surface area contributed by atoms with E-state index in [9.17, 15) is 4.79 Å². The van der Waals surface area contributed by atoms with Crippen molar-refractivity contribution >= 4 is 35.8 Å². The molecule has 8 nitrogen and oxygen atoms in total. The zero-order valence-electron chi connectivity index (χ0n) is 20.4. The van der Waals surface area contributed by atoms with E-state index in [0.29, 0.717) is 0 Å². The van der Waals surface area contributed by atoms with Crippen LogP contribution in [0.4, 0.5) is 0 Å². The number of guanidine groups is 1. The van der Waals surface area contributed by atoms with Gasteiger partial charge in [-0.2, -0.15) is 0 Å². The summed E-state index contributed by atoms with van der Waals surface area (Å²) in [5.41, 5.74) is 2.65. The average Bonchev–Trinajstić information content (AvgIpc) is 3.28. The van der Waals surface area contributed by atoms with Crippen molar-refractivity contribution in [1.29, 1.82) is 0 Å². The third kappa shape index (κ3) is 8.70. The first-order valence-corrected chi connectivity index (χ1v) is 11.8. The summed E-state index contributed by atoms with van der Waals surface area (Å²) < 4.78 is 5.47. The van der Waals surface area contributed by atoms with Crippen LogP contribution in [-0.2, 0) is 22.6 Å². The van der Waals surface area contributed by atoms with Crippen molar-refractivity contribution in [3.8, 4) is 0 Å². The third-order valence-corrected chi connectivity index (χ3v) is 6.29. The summed E-state index contributed by atoms with van der Waals surface area (Å²) in [5, 5.41) is 6.88. The number of carbonyl (C=O) groups excluding carboxylic acids is 1. The van der Waals surface area contributed by atoms with Gasteiger partial charge in [-0.25, -0.2) is 0 Å². The highest BCUT2D eigenvalue weighted by Gasteiger charge is 2.30. The predicted octanol–water partition coefficient (Wildman–Crippen LogP) is 1.74. The van der Waals surface area contributed by atoms with Gasteiger partial charge in [0.1, 0.15) is 0 Å². The number of ether oxygens (including phenoxy) is 1. The number of aliphatic imine (C=N–C) groups is 1. The maximum absolute atomic E-state index is 12.3. The van der Waals surface area contributed by atoms with E-state index < -0.39 is 0 Å². The van der Waals surface area contributed by atoms with Crippen LogP contribution in [0.3, 0.4) is 0 Å². The Morgan fingerprint density at radius 2 is 1.88 bits per heavy atom. The lowest BCUT2D eigenvalue weighted by Gasteiger charge is -2.27. The topological polar surface area (TPSA) is 72.4 Å². The van der Waals surface area contributed by atoms with Crippen LogP contribution in [0.15, 0.2) is 29.3 Å². The minimum absolute atomic E-state index is 0. The van der Waals surface area contributed by atoms with Crippen molar-refractivity contribution < 1.29 is 9.53 Å². The molecule has 33 heavy (non-hydrogen) atoms. The second-order valence-electron chi connectivity index (χ2n) is 8.79. The molecular formula is C24H41IN6O2. The maximum atomic E-state index is 12.3. The lowest BCUT2D eigenvalue weighted by atomic mass is 10.1. The summed E-state index contributed by atoms with van der Waals surface area (Å²) in [4.78, 5) is 23.2. The molecule has 9 heteroatoms. The maximum Gasteiger partial charge on any atom is 0.239 e. The zero-order chi connectivity index (χ0) is 22.8. The van der Waals surface area contributed by atoms with Crippen LogP contribution in [0.5, 0.6) is 0 Å². The lowest BCUT2D eigenvalue weighted by molar-refractivity contribution is -0.133. The third-order valence-electron chi connectivity index (χ3n) is 6.29. The highest BCUT2D eigenvalue weighted by molar-refractivity contribution is 14.0. The molecule has 1 amide bonds. The van der Waals surface area contributed by atoms with Gasteiger partial charge in [-0.15, -0.1) is 24.0 Å². The largest absolute Gasteiger partial charge is 0.379 e. The number of amides is 1. The minimum Gasteiger partial charge on any atom is -0.379 e. The standard InChI is InChI=1S/C24H40N6O2.HI/c1-25-24(26-11-7-13-30-12-6-10-22(30)23(31)28(2)3)27-18-20-8-4-5-9-21(20)19-29-14-16-32-17-15-29;/h4-5,8-9,22H,6-7,10-19H2,1-3H3,(H2,25,26,27);1H. The fraction of sp³-hybridized carbons (Fsp3) is 0.667. The number of morpholine rings is 1. The van der Waals surface area contributed by atoms with Gasteiger partial charge in [0.05, 0.1) is 19.3 Å². The van der Waals surface area contributed by atoms with Gasteiger partial charge in [-0.05, 0) is 36.9 Å². The van der Waals surface area contributed by atoms with Crippen LogP contribution in [-0.4, -0.2) is 99.7 Å². The molecule has 0 aliphatic carbocycles. The molecule has 0 spiro atoms. The Morgan fingerprint density at radius 1 is 1.15 bits per heavy atom. The van der Waals surface area contributed by atoms with Gasteiger partial charge >= 0.3 is 0 Å². The Balaban J connectivity index is 0.00000385. The summed E-state index contributed by atoms with van der Waals surface area (Å²) in [5.74, 6) is 1.04. The molecule has 1 unspecified atom stereocenters. The molecule has 3 rings (SSSR count). The van der Waals surface area contributed by atoms with E-state index in [4.69, 9.17) is 4.74 Å². The molecule has 2 aliphatic heterocycles. The van der Waals surface area contributed by atoms with Crippen LogP contribution < -0.4 is 10.6 Å². The number of nitrogens with one attached hydrogen (secondary N) is 2. The molecule has 2 fully saturated rings. The van der Waals surface area contributed by atoms with Crippen LogP contribution >= 0.6 is 24.0 Å². The fourth-order valence-corrected chi connectivity index (χ4v) is 4.44. The number of hydrogen-bond acceptors (Lipinski definition) is 5. The summed E-state index contributed by atoms with van der Waals surface area (Å²) in [6.07, 6.45) is 3.05. The van der Waals surface area contributed by atoms with Crippen molar-refractivity contribution in [2.75, 3.05) is 67.1 Å². The Kier molecular flexibility index (Phi) is 12.4. The Morgan fingerprint density at radius 3 is 2.58 bits per heavy atom. The smallest absolute Gasteiger partial charge is 0.239 e. The van der Waals surface area contributed by atoms with E-state index in [1.165, 1.54) is 11.1 Å². The second kappa shape index (κ2) is 14.7. The van der Waals surface area contributed by atoms with Gasteiger partial charge in [0.2, 0.25) is 5.91 Å². The average molecular weight is 573 g/mol. The number of rotatable bonds is 9. The first-order chi connectivity index (χ1) is 15.6. The van der Waals surface area contributed by atoms with Crippen molar-refractivity contribution in [3.05, 3.63) is 35.4 Å². The number of halogens is 1. The summed E-state index contributed by atoms with van der Waals surface area (Å²) in [6.45, 7) is 8.08. The van der Waals surface area contributed by atoms with Crippen molar-refractivity contribution in [2.45, 2.75) is 38.4 Å². The monoisotopic (exact) mass is 572 g/mol. The summed E-state index contributed by atoms with van der Waals surface area (Å²) >= 11 is 0. The molecule has 1 atom stereocenters. The number of nitrogens with zero attached hydrogens (tertiary/aromatic N) is 4. The quantitative estimate of drug-likeness (QED) is 0.204. The van der Waals surface area contributed by atoms with Crippen LogP contribution in [0.2, 0.25) is 0 Å². The first-order valence-electron chi connectivity index (χ1n) is 11.8. The van der Waals surface area contributed by atoms with Crippen molar-refractivity contribution in [2.24, 2.45) is 4.99 Å². The molecule has 2 heterocycles. The molecule has 1 aromatic rings. The number of likely N-dealkylation sites (tertiary alicyclic amines) is 1. The molecule has 2 N–H and O–H groups in total. The van der Waals surface area contributed by atoms with E-state index in [0.717, 1.165) is 84.2 Å². The molecule has 2 aliphatic rings. The fourth-order valence-electron chi connectivity index (χ4n) is 4.44. The molecule has 0 aromatic heterocycles. The molecule has 186 valence electrons. The molecule has 2 saturated heterocycles. The molecule has 1 aromatic carbocycles. The molecular weight excluding hydrogens is 531 g/mol. The highest BCUT2D eigenvalue weighted by atomic mass is 127. The highest BCUT2D eigenvalue weighted by Crippen LogP contribution is 2.18. The predicted molar refractivity (Wildman–Crippen MR) is 144 cm³/mol. The van der Waals surface area contributed by atoms with E-state index in [1.807, 2.05) is 14.1 Å². The van der Waals surface area contributed by atoms with Gasteiger partial charge in [-0.1, -0.05) is 24.3 Å². The lowest BCUT2D eigenvalue weighted by Crippen LogP contribution is -2.44. The van der Waals surface area contributed by atoms with E-state index in [2.05, 4.69) is 49.7 Å². The number of likely N-dealkylation sites (N-methyl/N-ethyl adjacent to an activating group) is 1. The minimum atomic E-state index is 0. The van der Waals surface area contributed by atoms with Gasteiger partial charge < -0.3 is 20.3 Å².